The second kappa shape index (κ2) is 11.9. The van der Waals surface area contributed by atoms with Crippen LogP contribution < -0.4 is 20.7 Å². The summed E-state index contributed by atoms with van der Waals surface area (Å²) in [7, 11) is 1.82. The second-order valence-electron chi connectivity index (χ2n) is 12.6. The highest BCUT2D eigenvalue weighted by molar-refractivity contribution is 6.32. The van der Waals surface area contributed by atoms with E-state index < -0.39 is 62.7 Å². The Hall–Kier alpha value is -3.61. The zero-order chi connectivity index (χ0) is 33.1. The summed E-state index contributed by atoms with van der Waals surface area (Å²) in [4.78, 5) is 16.7. The van der Waals surface area contributed by atoms with Gasteiger partial charge in [-0.2, -0.15) is 28.4 Å². The Balaban J connectivity index is 1.51. The molecule has 4 atom stereocenters. The Labute approximate surface area is 265 Å². The van der Waals surface area contributed by atoms with E-state index >= 15 is 4.39 Å². The van der Waals surface area contributed by atoms with Gasteiger partial charge in [0.2, 0.25) is 6.43 Å². The number of nitrogen functional groups attached to an aromatic ring is 1. The molecule has 0 unspecified atom stereocenters. The predicted octanol–water partition coefficient (Wildman–Crippen LogP) is 5.50. The number of halogens is 7. The molecule has 0 aliphatic carbocycles. The Morgan fingerprint density at radius 3 is 2.54 bits per heavy atom. The van der Waals surface area contributed by atoms with E-state index in [9.17, 15) is 27.2 Å². The molecule has 3 saturated heterocycles. The fourth-order valence-electron chi connectivity index (χ4n) is 7.11. The van der Waals surface area contributed by atoms with Crippen LogP contribution in [0, 0.1) is 28.5 Å². The number of nitriles is 1. The third-order valence-corrected chi connectivity index (χ3v) is 9.58. The van der Waals surface area contributed by atoms with Gasteiger partial charge in [0.15, 0.2) is 5.82 Å². The van der Waals surface area contributed by atoms with Crippen LogP contribution in [-0.4, -0.2) is 78.2 Å². The number of pyridine rings is 1. The highest BCUT2D eigenvalue weighted by Crippen LogP contribution is 2.46. The second-order valence-corrected chi connectivity index (χ2v) is 13.1. The summed E-state index contributed by atoms with van der Waals surface area (Å²) >= 11 is 5.95. The Bertz CT molecular complexity index is 1710. The molecule has 16 heteroatoms. The average molecular weight is 669 g/mol. The van der Waals surface area contributed by atoms with Crippen LogP contribution in [0.4, 0.5) is 37.8 Å². The summed E-state index contributed by atoms with van der Waals surface area (Å²) in [5.41, 5.74) is 0.169. The van der Waals surface area contributed by atoms with E-state index in [1.54, 1.807) is 13.0 Å². The Morgan fingerprint density at radius 1 is 1.22 bits per heavy atom. The number of nitrogens with two attached hydrogens (primary N) is 1. The van der Waals surface area contributed by atoms with Gasteiger partial charge in [0.05, 0.1) is 33.8 Å². The number of piperazine rings is 1. The molecular formula is C30H31ClF6N8O. The number of ether oxygens (including phenoxy) is 1. The lowest BCUT2D eigenvalue weighted by molar-refractivity contribution is -0.137. The number of aromatic nitrogens is 3. The normalized spacial score (nSPS) is 25.3. The van der Waals surface area contributed by atoms with Crippen molar-refractivity contribution in [3.8, 4) is 23.3 Å². The van der Waals surface area contributed by atoms with Crippen molar-refractivity contribution in [1.82, 2.24) is 25.2 Å². The average Bonchev–Trinajstić information content (AvgIpc) is 3.31. The number of fused-ring (bicyclic) bond motifs is 3. The molecule has 3 aromatic rings. The maximum Gasteiger partial charge on any atom is 0.418 e. The highest BCUT2D eigenvalue weighted by Gasteiger charge is 2.45. The molecular weight excluding hydrogens is 638 g/mol. The fourth-order valence-corrected chi connectivity index (χ4v) is 7.43. The molecule has 2 aromatic heterocycles. The molecule has 46 heavy (non-hydrogen) atoms. The van der Waals surface area contributed by atoms with Gasteiger partial charge in [0.25, 0.3) is 0 Å². The fraction of sp³-hybridized carbons (Fsp3) is 0.533. The number of piperidine rings is 1. The molecule has 3 aliphatic heterocycles. The van der Waals surface area contributed by atoms with E-state index in [2.05, 4.69) is 20.3 Å². The van der Waals surface area contributed by atoms with Crippen molar-refractivity contribution in [3.63, 3.8) is 0 Å². The predicted molar refractivity (Wildman–Crippen MR) is 159 cm³/mol. The SMILES string of the molecule is CN1CC[C@H](C(F)F)[C@](C)(COc2nc(N3C[C@H]4CC[C@@H](C3)N4)c3cnc(-c4c(C#N)c(N)cc(Cl)c4C(F)(F)F)c(F)c3n2)C1. The minimum absolute atomic E-state index is 0.103. The molecule has 0 saturated carbocycles. The molecule has 0 amide bonds. The Morgan fingerprint density at radius 2 is 1.91 bits per heavy atom. The van der Waals surface area contributed by atoms with Crippen molar-refractivity contribution < 1.29 is 31.1 Å². The third kappa shape index (κ3) is 5.75. The van der Waals surface area contributed by atoms with Gasteiger partial charge in [-0.1, -0.05) is 18.5 Å². The molecule has 0 radical (unpaired) electrons. The van der Waals surface area contributed by atoms with Crippen LogP contribution in [-0.2, 0) is 6.18 Å². The van der Waals surface area contributed by atoms with E-state index in [0.717, 1.165) is 25.1 Å². The van der Waals surface area contributed by atoms with Crippen LogP contribution in [0.1, 0.15) is 37.3 Å². The molecule has 3 N–H and O–H groups in total. The van der Waals surface area contributed by atoms with Crippen LogP contribution in [0.5, 0.6) is 6.01 Å². The summed E-state index contributed by atoms with van der Waals surface area (Å²) in [6, 6.07) is 2.35. The standard InChI is InChI=1S/C30H31ClF6N8O/c1-29(12-44(2)6-5-18(29)26(33)34)13-46-28-42-24-17(27(43-28)45-10-14-3-4-15(11-45)41-14)9-40-25(23(24)32)21-16(8-38)20(39)7-19(31)22(21)30(35,36)37/h7,9,14-15,18,26,41H,3-6,10-13,39H2,1-2H3/t14-,15+,18-,29+/m1/s1. The van der Waals surface area contributed by atoms with Crippen molar-refractivity contribution in [3.05, 3.63) is 34.2 Å². The van der Waals surface area contributed by atoms with Gasteiger partial charge >= 0.3 is 12.2 Å². The first-order chi connectivity index (χ1) is 21.7. The smallest absolute Gasteiger partial charge is 0.418 e. The number of nitrogens with one attached hydrogen (secondary N) is 1. The summed E-state index contributed by atoms with van der Waals surface area (Å²) in [5, 5.41) is 12.5. The summed E-state index contributed by atoms with van der Waals surface area (Å²) in [6.07, 6.45) is -4.46. The zero-order valence-corrected chi connectivity index (χ0v) is 25.7. The van der Waals surface area contributed by atoms with Crippen LogP contribution in [0.15, 0.2) is 12.3 Å². The summed E-state index contributed by atoms with van der Waals surface area (Å²) in [5.74, 6) is -2.00. The number of hydrogen-bond donors (Lipinski definition) is 2. The number of alkyl halides is 5. The van der Waals surface area contributed by atoms with E-state index in [1.807, 2.05) is 16.8 Å². The maximum absolute atomic E-state index is 16.6. The van der Waals surface area contributed by atoms with Gasteiger partial charge in [-0.25, -0.2) is 13.2 Å². The van der Waals surface area contributed by atoms with Gasteiger partial charge in [-0.05, 0) is 38.9 Å². The van der Waals surface area contributed by atoms with Gasteiger partial charge in [-0.15, -0.1) is 0 Å². The number of hydrogen-bond acceptors (Lipinski definition) is 9. The zero-order valence-electron chi connectivity index (χ0n) is 24.9. The minimum Gasteiger partial charge on any atom is -0.463 e. The lowest BCUT2D eigenvalue weighted by Gasteiger charge is -2.44. The van der Waals surface area contributed by atoms with Crippen molar-refractivity contribution in [1.29, 1.82) is 5.26 Å². The lowest BCUT2D eigenvalue weighted by atomic mass is 9.73. The molecule has 6 rings (SSSR count). The molecule has 1 aromatic carbocycles. The maximum atomic E-state index is 16.6. The summed E-state index contributed by atoms with van der Waals surface area (Å²) < 4.78 is 93.5. The van der Waals surface area contributed by atoms with Crippen molar-refractivity contribution in [2.75, 3.05) is 50.5 Å². The minimum atomic E-state index is -5.09. The van der Waals surface area contributed by atoms with E-state index in [1.165, 1.54) is 0 Å². The largest absolute Gasteiger partial charge is 0.463 e. The number of nitrogens with zero attached hydrogens (tertiary/aromatic N) is 6. The molecule has 9 nitrogen and oxygen atoms in total. The van der Waals surface area contributed by atoms with Crippen molar-refractivity contribution in [2.45, 2.75) is 50.9 Å². The van der Waals surface area contributed by atoms with E-state index in [-0.39, 0.29) is 48.0 Å². The molecule has 0 spiro atoms. The van der Waals surface area contributed by atoms with Crippen LogP contribution >= 0.6 is 11.6 Å². The number of benzene rings is 1. The van der Waals surface area contributed by atoms with E-state index in [0.29, 0.717) is 26.2 Å². The Kier molecular flexibility index (Phi) is 8.35. The number of likely N-dealkylation sites (tertiary alicyclic amines) is 1. The monoisotopic (exact) mass is 668 g/mol. The van der Waals surface area contributed by atoms with Gasteiger partial charge in [-0.3, -0.25) is 4.98 Å². The summed E-state index contributed by atoms with van der Waals surface area (Å²) in [6.45, 7) is 3.27. The first kappa shape index (κ1) is 32.3. The van der Waals surface area contributed by atoms with Crippen molar-refractivity contribution >= 4 is 34.0 Å². The van der Waals surface area contributed by atoms with Crippen LogP contribution in [0.3, 0.4) is 0 Å². The molecule has 246 valence electrons. The third-order valence-electron chi connectivity index (χ3n) is 9.28. The van der Waals surface area contributed by atoms with Gasteiger partial charge in [0, 0.05) is 54.8 Å². The molecule has 2 bridgehead atoms. The number of anilines is 2. The molecule has 3 fully saturated rings. The van der Waals surface area contributed by atoms with Crippen LogP contribution in [0.25, 0.3) is 22.2 Å². The van der Waals surface area contributed by atoms with Gasteiger partial charge < -0.3 is 25.6 Å². The number of rotatable bonds is 6. The van der Waals surface area contributed by atoms with E-state index in [4.69, 9.17) is 22.1 Å². The van der Waals surface area contributed by atoms with Crippen molar-refractivity contribution in [2.24, 2.45) is 11.3 Å². The van der Waals surface area contributed by atoms with Gasteiger partial charge in [0.1, 0.15) is 23.1 Å². The highest BCUT2D eigenvalue weighted by atomic mass is 35.5. The quantitative estimate of drug-likeness (QED) is 0.260. The molecule has 5 heterocycles. The lowest BCUT2D eigenvalue weighted by Crippen LogP contribution is -2.51. The molecule has 3 aliphatic rings. The topological polar surface area (TPSA) is 116 Å². The first-order valence-electron chi connectivity index (χ1n) is 14.8. The first-order valence-corrected chi connectivity index (χ1v) is 15.1. The van der Waals surface area contributed by atoms with Crippen LogP contribution in [0.2, 0.25) is 5.02 Å².